The van der Waals surface area contributed by atoms with Gasteiger partial charge in [-0.05, 0) is 5.53 Å². The molecule has 0 aliphatic carbocycles. The maximum Gasteiger partial charge on any atom is 0.245 e. The fourth-order valence-electron chi connectivity index (χ4n) is 0.827. The Kier molecular flexibility index (Phi) is 11.7. The molecule has 0 aliphatic rings. The van der Waals surface area contributed by atoms with Gasteiger partial charge in [0.1, 0.15) is 6.61 Å². The smallest absolute Gasteiger partial charge is 0.245 e. The zero-order valence-electron chi connectivity index (χ0n) is 9.92. The highest BCUT2D eigenvalue weighted by molar-refractivity contribution is 5.76. The number of rotatable bonds is 11. The molecule has 0 saturated heterocycles. The van der Waals surface area contributed by atoms with Gasteiger partial charge in [0, 0.05) is 18.5 Å². The lowest BCUT2D eigenvalue weighted by Crippen LogP contribution is -2.24. The molecule has 17 heavy (non-hydrogen) atoms. The fourth-order valence-corrected chi connectivity index (χ4v) is 0.827. The molecular formula is C9H18N4O4. The molecule has 0 aliphatic heterocycles. The maximum absolute atomic E-state index is 10.7. The summed E-state index contributed by atoms with van der Waals surface area (Å²) in [6.07, 6.45) is 0. The third kappa shape index (κ3) is 12.6. The number of likely N-dealkylation sites (N-methyl/N-ethyl adjacent to an activating group) is 1. The van der Waals surface area contributed by atoms with Gasteiger partial charge in [0.15, 0.2) is 0 Å². The number of nitrogens with one attached hydrogen (secondary N) is 1. The number of amides is 1. The second-order valence-electron chi connectivity index (χ2n) is 2.90. The average molecular weight is 246 g/mol. The van der Waals surface area contributed by atoms with Crippen LogP contribution in [0.3, 0.4) is 0 Å². The van der Waals surface area contributed by atoms with Crippen LogP contribution < -0.4 is 5.32 Å². The molecule has 0 bridgehead atoms. The molecule has 0 radical (unpaired) electrons. The maximum atomic E-state index is 10.7. The lowest BCUT2D eigenvalue weighted by molar-refractivity contribution is -0.125. The minimum atomic E-state index is -0.161. The van der Waals surface area contributed by atoms with E-state index in [9.17, 15) is 4.79 Å². The number of hydrogen-bond donors (Lipinski definition) is 1. The molecule has 8 heteroatoms. The molecule has 98 valence electrons. The summed E-state index contributed by atoms with van der Waals surface area (Å²) in [6.45, 7) is 2.42. The summed E-state index contributed by atoms with van der Waals surface area (Å²) < 4.78 is 15.3. The molecule has 0 unspecified atom stereocenters. The summed E-state index contributed by atoms with van der Waals surface area (Å²) >= 11 is 0. The SMILES string of the molecule is CNC(=O)COCCOCCOCCN=[N+]=[N-]. The van der Waals surface area contributed by atoms with Crippen molar-refractivity contribution in [1.82, 2.24) is 5.32 Å². The van der Waals surface area contributed by atoms with E-state index in [1.165, 1.54) is 0 Å². The third-order valence-corrected chi connectivity index (χ3v) is 1.65. The van der Waals surface area contributed by atoms with Gasteiger partial charge in [-0.25, -0.2) is 0 Å². The van der Waals surface area contributed by atoms with E-state index in [1.807, 2.05) is 0 Å². The Morgan fingerprint density at radius 3 is 2.35 bits per heavy atom. The van der Waals surface area contributed by atoms with Gasteiger partial charge in [-0.2, -0.15) is 0 Å². The van der Waals surface area contributed by atoms with Gasteiger partial charge in [-0.3, -0.25) is 4.79 Å². The molecule has 0 fully saturated rings. The third-order valence-electron chi connectivity index (χ3n) is 1.65. The molecule has 0 rings (SSSR count). The summed E-state index contributed by atoms with van der Waals surface area (Å²) in [4.78, 5) is 13.3. The van der Waals surface area contributed by atoms with Crippen molar-refractivity contribution in [3.05, 3.63) is 10.4 Å². The zero-order valence-corrected chi connectivity index (χ0v) is 9.92. The summed E-state index contributed by atoms with van der Waals surface area (Å²) in [6, 6.07) is 0. The Bertz CT molecular complexity index is 243. The quantitative estimate of drug-likeness (QED) is 0.241. The van der Waals surface area contributed by atoms with Gasteiger partial charge >= 0.3 is 0 Å². The van der Waals surface area contributed by atoms with E-state index in [4.69, 9.17) is 19.7 Å². The second kappa shape index (κ2) is 12.7. The van der Waals surface area contributed by atoms with Crippen LogP contribution in [0.2, 0.25) is 0 Å². The van der Waals surface area contributed by atoms with Crippen molar-refractivity contribution in [2.24, 2.45) is 5.11 Å². The van der Waals surface area contributed by atoms with Gasteiger partial charge < -0.3 is 19.5 Å². The van der Waals surface area contributed by atoms with Crippen LogP contribution in [0.25, 0.3) is 10.4 Å². The molecular weight excluding hydrogens is 228 g/mol. The first-order valence-corrected chi connectivity index (χ1v) is 5.26. The van der Waals surface area contributed by atoms with Crippen LogP contribution >= 0.6 is 0 Å². The lowest BCUT2D eigenvalue weighted by atomic mass is 10.6. The standard InChI is InChI=1S/C9H18N4O4/c1-11-9(14)8-17-7-6-16-5-4-15-3-2-12-13-10/h2-8H2,1H3,(H,11,14). The van der Waals surface area contributed by atoms with E-state index in [2.05, 4.69) is 15.3 Å². The zero-order chi connectivity index (χ0) is 12.8. The lowest BCUT2D eigenvalue weighted by Gasteiger charge is -2.05. The van der Waals surface area contributed by atoms with E-state index in [1.54, 1.807) is 7.05 Å². The molecule has 1 N–H and O–H groups in total. The van der Waals surface area contributed by atoms with Crippen molar-refractivity contribution in [3.8, 4) is 0 Å². The second-order valence-corrected chi connectivity index (χ2v) is 2.90. The Morgan fingerprint density at radius 1 is 1.18 bits per heavy atom. The van der Waals surface area contributed by atoms with Crippen LogP contribution in [0, 0.1) is 0 Å². The molecule has 0 saturated carbocycles. The number of ether oxygens (including phenoxy) is 3. The number of azide groups is 1. The number of nitrogens with zero attached hydrogens (tertiary/aromatic N) is 3. The van der Waals surface area contributed by atoms with Crippen LogP contribution in [0.4, 0.5) is 0 Å². The fraction of sp³-hybridized carbons (Fsp3) is 0.889. The highest BCUT2D eigenvalue weighted by Crippen LogP contribution is 1.82. The molecule has 0 heterocycles. The van der Waals surface area contributed by atoms with E-state index >= 15 is 0 Å². The molecule has 8 nitrogen and oxygen atoms in total. The van der Waals surface area contributed by atoms with Gasteiger partial charge in [-0.1, -0.05) is 5.11 Å². The first kappa shape index (κ1) is 15.7. The predicted octanol–water partition coefficient (Wildman–Crippen LogP) is 0.0925. The Labute approximate surface area is 99.8 Å². The molecule has 0 aromatic carbocycles. The number of carbonyl (C=O) groups excluding carboxylic acids is 1. The van der Waals surface area contributed by atoms with E-state index < -0.39 is 0 Å². The Hall–Kier alpha value is -1.34. The highest BCUT2D eigenvalue weighted by atomic mass is 16.5. The van der Waals surface area contributed by atoms with Crippen LogP contribution in [-0.4, -0.2) is 59.1 Å². The summed E-state index contributed by atoms with van der Waals surface area (Å²) in [5, 5.41) is 5.75. The van der Waals surface area contributed by atoms with E-state index in [0.29, 0.717) is 39.6 Å². The van der Waals surface area contributed by atoms with Crippen molar-refractivity contribution in [2.75, 3.05) is 53.2 Å². The van der Waals surface area contributed by atoms with Gasteiger partial charge in [0.05, 0.1) is 33.0 Å². The van der Waals surface area contributed by atoms with Crippen molar-refractivity contribution in [3.63, 3.8) is 0 Å². The van der Waals surface area contributed by atoms with Crippen LogP contribution in [-0.2, 0) is 19.0 Å². The molecule has 1 amide bonds. The Balaban J connectivity index is 3.03. The minimum Gasteiger partial charge on any atom is -0.379 e. The number of hydrogen-bond acceptors (Lipinski definition) is 5. The highest BCUT2D eigenvalue weighted by Gasteiger charge is 1.96. The predicted molar refractivity (Wildman–Crippen MR) is 60.5 cm³/mol. The molecule has 0 atom stereocenters. The summed E-state index contributed by atoms with van der Waals surface area (Å²) in [7, 11) is 1.55. The van der Waals surface area contributed by atoms with Crippen molar-refractivity contribution < 1.29 is 19.0 Å². The summed E-state index contributed by atoms with van der Waals surface area (Å²) in [5.41, 5.74) is 7.98. The van der Waals surface area contributed by atoms with Gasteiger partial charge in [-0.15, -0.1) is 0 Å². The van der Waals surface area contributed by atoms with Gasteiger partial charge in [0.2, 0.25) is 5.91 Å². The molecule has 0 spiro atoms. The van der Waals surface area contributed by atoms with E-state index in [0.717, 1.165) is 0 Å². The van der Waals surface area contributed by atoms with Crippen LogP contribution in [0.1, 0.15) is 0 Å². The van der Waals surface area contributed by atoms with Crippen LogP contribution in [0.5, 0.6) is 0 Å². The van der Waals surface area contributed by atoms with E-state index in [-0.39, 0.29) is 12.5 Å². The normalized spacial score (nSPS) is 9.71. The summed E-state index contributed by atoms with van der Waals surface area (Å²) in [5.74, 6) is -0.161. The Morgan fingerprint density at radius 2 is 1.76 bits per heavy atom. The molecule has 0 aromatic heterocycles. The topological polar surface area (TPSA) is 106 Å². The first-order valence-electron chi connectivity index (χ1n) is 5.26. The average Bonchev–Trinajstić information content (AvgIpc) is 2.35. The first-order chi connectivity index (χ1) is 8.31. The van der Waals surface area contributed by atoms with Crippen molar-refractivity contribution in [1.29, 1.82) is 0 Å². The van der Waals surface area contributed by atoms with Crippen LogP contribution in [0.15, 0.2) is 5.11 Å². The van der Waals surface area contributed by atoms with Crippen molar-refractivity contribution >= 4 is 5.91 Å². The number of carbonyl (C=O) groups is 1. The largest absolute Gasteiger partial charge is 0.379 e. The minimum absolute atomic E-state index is 0.0442. The monoisotopic (exact) mass is 246 g/mol. The van der Waals surface area contributed by atoms with Crippen molar-refractivity contribution in [2.45, 2.75) is 0 Å². The molecule has 0 aromatic rings. The van der Waals surface area contributed by atoms with Gasteiger partial charge in [0.25, 0.3) is 0 Å².